The van der Waals surface area contributed by atoms with Crippen LogP contribution in [0.3, 0.4) is 0 Å². The van der Waals surface area contributed by atoms with E-state index in [1.165, 1.54) is 5.56 Å². The molecule has 2 heterocycles. The van der Waals surface area contributed by atoms with E-state index in [0.29, 0.717) is 39.3 Å². The number of carbonyl (C=O) groups excluding carboxylic acids is 2. The van der Waals surface area contributed by atoms with Crippen LogP contribution in [0.25, 0.3) is 0 Å². The second kappa shape index (κ2) is 10.6. The van der Waals surface area contributed by atoms with Crippen LogP contribution in [-0.4, -0.2) is 56.7 Å². The largest absolute Gasteiger partial charge is 0.491 e. The Hall–Kier alpha value is -2.08. The van der Waals surface area contributed by atoms with Gasteiger partial charge < -0.3 is 19.7 Å². The van der Waals surface area contributed by atoms with Crippen molar-refractivity contribution in [3.63, 3.8) is 0 Å². The maximum Gasteiger partial charge on any atom is 0.226 e. The summed E-state index contributed by atoms with van der Waals surface area (Å²) in [4.78, 5) is 27.3. The lowest BCUT2D eigenvalue weighted by molar-refractivity contribution is -0.141. The molecule has 1 aromatic rings. The lowest BCUT2D eigenvalue weighted by Gasteiger charge is -2.41. The SMILES string of the molecule is COCCC(=O)N1CCC2(CCCCCc3ccccc3OCCNC2=O)CC1. The van der Waals surface area contributed by atoms with Gasteiger partial charge in [-0.15, -0.1) is 0 Å². The van der Waals surface area contributed by atoms with Crippen molar-refractivity contribution in [3.8, 4) is 5.75 Å². The highest BCUT2D eigenvalue weighted by atomic mass is 16.5. The van der Waals surface area contributed by atoms with E-state index in [1.807, 2.05) is 17.0 Å². The number of piperidine rings is 1. The number of hydrogen-bond donors (Lipinski definition) is 1. The van der Waals surface area contributed by atoms with E-state index in [9.17, 15) is 9.59 Å². The first kappa shape index (κ1) is 21.6. The quantitative estimate of drug-likeness (QED) is 0.844. The van der Waals surface area contributed by atoms with Gasteiger partial charge in [-0.1, -0.05) is 31.0 Å². The van der Waals surface area contributed by atoms with Crippen LogP contribution in [0.15, 0.2) is 24.3 Å². The van der Waals surface area contributed by atoms with E-state index >= 15 is 0 Å². The summed E-state index contributed by atoms with van der Waals surface area (Å²) in [6.45, 7) is 2.73. The van der Waals surface area contributed by atoms with Gasteiger partial charge >= 0.3 is 0 Å². The third-order valence-corrected chi connectivity index (χ3v) is 6.29. The summed E-state index contributed by atoms with van der Waals surface area (Å²) in [5.74, 6) is 1.18. The van der Waals surface area contributed by atoms with E-state index < -0.39 is 0 Å². The molecule has 0 unspecified atom stereocenters. The molecule has 2 amide bonds. The van der Waals surface area contributed by atoms with Crippen molar-refractivity contribution in [3.05, 3.63) is 29.8 Å². The number of aryl methyl sites for hydroxylation is 1. The number of fused-ring (bicyclic) bond motifs is 1. The standard InChI is InChI=1S/C23H34N2O4/c1-28-17-10-21(26)25-15-12-23(13-16-25)11-6-2-3-7-19-8-4-5-9-20(19)29-18-14-24-22(23)27/h4-5,8-9H,2-3,6-7,10-18H2,1H3,(H,24,27). The molecule has 1 N–H and O–H groups in total. The average molecular weight is 403 g/mol. The molecule has 160 valence electrons. The summed E-state index contributed by atoms with van der Waals surface area (Å²) in [6, 6.07) is 8.19. The predicted octanol–water partition coefficient (Wildman–Crippen LogP) is 2.94. The Balaban J connectivity index is 1.61. The van der Waals surface area contributed by atoms with Gasteiger partial charge in [0.25, 0.3) is 0 Å². The first-order chi connectivity index (χ1) is 14.1. The van der Waals surface area contributed by atoms with Crippen LogP contribution in [0.1, 0.15) is 50.5 Å². The molecule has 3 rings (SSSR count). The highest BCUT2D eigenvalue weighted by Gasteiger charge is 2.41. The Labute approximate surface area is 173 Å². The molecule has 1 saturated heterocycles. The van der Waals surface area contributed by atoms with Crippen molar-refractivity contribution in [1.82, 2.24) is 10.2 Å². The molecular weight excluding hydrogens is 368 g/mol. The van der Waals surface area contributed by atoms with E-state index in [0.717, 1.165) is 50.7 Å². The zero-order chi connectivity index (χ0) is 20.5. The molecule has 1 aromatic carbocycles. The zero-order valence-electron chi connectivity index (χ0n) is 17.6. The molecule has 29 heavy (non-hydrogen) atoms. The summed E-state index contributed by atoms with van der Waals surface area (Å²) in [6.07, 6.45) is 7.01. The minimum Gasteiger partial charge on any atom is -0.491 e. The molecule has 1 spiro atoms. The molecule has 0 aliphatic carbocycles. The van der Waals surface area contributed by atoms with Crippen LogP contribution in [0, 0.1) is 5.41 Å². The summed E-state index contributed by atoms with van der Waals surface area (Å²) in [7, 11) is 1.61. The van der Waals surface area contributed by atoms with E-state index in [-0.39, 0.29) is 17.2 Å². The molecule has 6 heteroatoms. The van der Waals surface area contributed by atoms with Crippen LogP contribution < -0.4 is 10.1 Å². The highest BCUT2D eigenvalue weighted by Crippen LogP contribution is 2.37. The summed E-state index contributed by atoms with van der Waals surface area (Å²) in [5.41, 5.74) is 0.884. The van der Waals surface area contributed by atoms with E-state index in [2.05, 4.69) is 17.4 Å². The predicted molar refractivity (Wildman–Crippen MR) is 112 cm³/mol. The van der Waals surface area contributed by atoms with Crippen LogP contribution in [-0.2, 0) is 20.7 Å². The molecule has 2 aliphatic heterocycles. The zero-order valence-corrected chi connectivity index (χ0v) is 17.6. The number of nitrogens with one attached hydrogen (secondary N) is 1. The number of benzene rings is 1. The van der Waals surface area contributed by atoms with E-state index in [4.69, 9.17) is 9.47 Å². The lowest BCUT2D eigenvalue weighted by atomic mass is 9.73. The Morgan fingerprint density at radius 1 is 1.17 bits per heavy atom. The summed E-state index contributed by atoms with van der Waals surface area (Å²) < 4.78 is 11.0. The van der Waals surface area contributed by atoms with Gasteiger partial charge in [-0.3, -0.25) is 9.59 Å². The molecule has 0 radical (unpaired) electrons. The fraction of sp³-hybridized carbons (Fsp3) is 0.652. The minimum absolute atomic E-state index is 0.123. The fourth-order valence-corrected chi connectivity index (χ4v) is 4.44. The third-order valence-electron chi connectivity index (χ3n) is 6.29. The summed E-state index contributed by atoms with van der Waals surface area (Å²) >= 11 is 0. The number of amides is 2. The Kier molecular flexibility index (Phi) is 7.92. The van der Waals surface area contributed by atoms with E-state index in [1.54, 1.807) is 7.11 Å². The normalized spacial score (nSPS) is 20.4. The van der Waals surface area contributed by atoms with Crippen molar-refractivity contribution in [2.24, 2.45) is 5.41 Å². The van der Waals surface area contributed by atoms with Crippen LogP contribution >= 0.6 is 0 Å². The number of likely N-dealkylation sites (tertiary alicyclic amines) is 1. The molecule has 0 saturated carbocycles. The molecule has 6 nitrogen and oxygen atoms in total. The first-order valence-corrected chi connectivity index (χ1v) is 10.9. The second-order valence-electron chi connectivity index (χ2n) is 8.18. The minimum atomic E-state index is -0.362. The van der Waals surface area contributed by atoms with Crippen molar-refractivity contribution >= 4 is 11.8 Å². The van der Waals surface area contributed by atoms with Crippen molar-refractivity contribution in [2.75, 3.05) is 40.0 Å². The maximum absolute atomic E-state index is 13.1. The lowest BCUT2D eigenvalue weighted by Crippen LogP contribution is -2.50. The molecule has 0 bridgehead atoms. The Morgan fingerprint density at radius 3 is 2.76 bits per heavy atom. The number of para-hydroxylation sites is 1. The number of hydrogen-bond acceptors (Lipinski definition) is 4. The number of rotatable bonds is 3. The third kappa shape index (κ3) is 5.72. The second-order valence-corrected chi connectivity index (χ2v) is 8.18. The van der Waals surface area contributed by atoms with Crippen LogP contribution in [0.2, 0.25) is 0 Å². The molecule has 0 atom stereocenters. The van der Waals surface area contributed by atoms with Gasteiger partial charge in [0.05, 0.1) is 25.0 Å². The van der Waals surface area contributed by atoms with Gasteiger partial charge in [0.2, 0.25) is 11.8 Å². The Bertz CT molecular complexity index is 683. The average Bonchev–Trinajstić information content (AvgIpc) is 2.76. The first-order valence-electron chi connectivity index (χ1n) is 10.9. The smallest absolute Gasteiger partial charge is 0.226 e. The van der Waals surface area contributed by atoms with Crippen LogP contribution in [0.4, 0.5) is 0 Å². The molecule has 1 fully saturated rings. The van der Waals surface area contributed by atoms with Crippen molar-refractivity contribution in [1.29, 1.82) is 0 Å². The number of methoxy groups -OCH3 is 1. The van der Waals surface area contributed by atoms with Crippen LogP contribution in [0.5, 0.6) is 5.75 Å². The van der Waals surface area contributed by atoms with Gasteiger partial charge in [-0.25, -0.2) is 0 Å². The molecule has 0 aromatic heterocycles. The van der Waals surface area contributed by atoms with Gasteiger partial charge in [0.1, 0.15) is 12.4 Å². The highest BCUT2D eigenvalue weighted by molar-refractivity contribution is 5.83. The van der Waals surface area contributed by atoms with Gasteiger partial charge in [0.15, 0.2) is 0 Å². The topological polar surface area (TPSA) is 67.9 Å². The maximum atomic E-state index is 13.1. The fourth-order valence-electron chi connectivity index (χ4n) is 4.44. The number of nitrogens with zero attached hydrogens (tertiary/aromatic N) is 1. The Morgan fingerprint density at radius 2 is 1.97 bits per heavy atom. The number of ether oxygens (including phenoxy) is 2. The molecule has 2 aliphatic rings. The number of carbonyl (C=O) groups is 2. The van der Waals surface area contributed by atoms with Gasteiger partial charge in [-0.2, -0.15) is 0 Å². The molecular formula is C23H34N2O4. The van der Waals surface area contributed by atoms with Crippen molar-refractivity contribution in [2.45, 2.75) is 51.4 Å². The summed E-state index contributed by atoms with van der Waals surface area (Å²) in [5, 5.41) is 3.10. The van der Waals surface area contributed by atoms with Gasteiger partial charge in [0, 0.05) is 20.2 Å². The van der Waals surface area contributed by atoms with Crippen molar-refractivity contribution < 1.29 is 19.1 Å². The monoisotopic (exact) mass is 402 g/mol. The van der Waals surface area contributed by atoms with Gasteiger partial charge in [-0.05, 0) is 43.7 Å².